The first kappa shape index (κ1) is 15.1. The lowest BCUT2D eigenvalue weighted by Gasteiger charge is -2.03. The molecule has 3 rings (SSSR count). The number of carbonyl (C=O) groups excluding carboxylic acids is 1. The maximum atomic E-state index is 12.0. The van der Waals surface area contributed by atoms with Crippen molar-refractivity contribution in [1.29, 1.82) is 0 Å². The van der Waals surface area contributed by atoms with Crippen molar-refractivity contribution < 1.29 is 9.53 Å². The van der Waals surface area contributed by atoms with E-state index < -0.39 is 0 Å². The number of halogens is 1. The van der Waals surface area contributed by atoms with Gasteiger partial charge in [-0.2, -0.15) is 0 Å². The highest BCUT2D eigenvalue weighted by Crippen LogP contribution is 2.19. The monoisotopic (exact) mass is 328 g/mol. The minimum atomic E-state index is -0.293. The molecule has 3 aromatic heterocycles. The SMILES string of the molecule is COc1ccc(NC(=O)/C=C/c2c(Cl)nc3ccccn23)cn1. The Hall–Kier alpha value is -2.86. The smallest absolute Gasteiger partial charge is 0.248 e. The number of anilines is 1. The van der Waals surface area contributed by atoms with Gasteiger partial charge in [0.05, 0.1) is 24.7 Å². The molecule has 0 aromatic carbocycles. The molecule has 23 heavy (non-hydrogen) atoms. The van der Waals surface area contributed by atoms with Gasteiger partial charge in [-0.3, -0.25) is 9.20 Å². The molecule has 0 unspecified atom stereocenters. The summed E-state index contributed by atoms with van der Waals surface area (Å²) in [5.41, 5.74) is 1.94. The molecule has 0 aliphatic heterocycles. The number of pyridine rings is 2. The lowest BCUT2D eigenvalue weighted by Crippen LogP contribution is -2.08. The summed E-state index contributed by atoms with van der Waals surface area (Å²) in [6.07, 6.45) is 6.37. The number of ether oxygens (including phenoxy) is 1. The minimum Gasteiger partial charge on any atom is -0.481 e. The van der Waals surface area contributed by atoms with Gasteiger partial charge < -0.3 is 10.1 Å². The van der Waals surface area contributed by atoms with Crippen LogP contribution in [0.25, 0.3) is 11.7 Å². The molecule has 0 saturated carbocycles. The summed E-state index contributed by atoms with van der Waals surface area (Å²) in [6.45, 7) is 0. The number of rotatable bonds is 4. The highest BCUT2D eigenvalue weighted by atomic mass is 35.5. The fourth-order valence-corrected chi connectivity index (χ4v) is 2.29. The zero-order valence-corrected chi connectivity index (χ0v) is 13.0. The molecule has 0 bridgehead atoms. The number of aromatic nitrogens is 3. The molecule has 6 nitrogen and oxygen atoms in total. The molecule has 7 heteroatoms. The standard InChI is InChI=1S/C16H13ClN4O2/c1-23-15-8-5-11(10-18-15)19-14(22)7-6-12-16(17)20-13-4-2-3-9-21(12)13/h2-10H,1H3,(H,19,22)/b7-6+. The summed E-state index contributed by atoms with van der Waals surface area (Å²) < 4.78 is 6.77. The van der Waals surface area contributed by atoms with Gasteiger partial charge in [-0.05, 0) is 24.3 Å². The van der Waals surface area contributed by atoms with Gasteiger partial charge in [0.15, 0.2) is 5.15 Å². The van der Waals surface area contributed by atoms with E-state index in [0.29, 0.717) is 22.4 Å². The lowest BCUT2D eigenvalue weighted by molar-refractivity contribution is -0.111. The Morgan fingerprint density at radius 2 is 2.22 bits per heavy atom. The van der Waals surface area contributed by atoms with Crippen LogP contribution in [0, 0.1) is 0 Å². The number of amides is 1. The van der Waals surface area contributed by atoms with Crippen molar-refractivity contribution in [1.82, 2.24) is 14.4 Å². The maximum absolute atomic E-state index is 12.0. The second-order valence-electron chi connectivity index (χ2n) is 4.63. The van der Waals surface area contributed by atoms with Crippen molar-refractivity contribution in [2.45, 2.75) is 0 Å². The van der Waals surface area contributed by atoms with Crippen molar-refractivity contribution in [2.24, 2.45) is 0 Å². The van der Waals surface area contributed by atoms with Gasteiger partial charge in [-0.1, -0.05) is 17.7 Å². The number of nitrogens with zero attached hydrogens (tertiary/aromatic N) is 3. The first-order valence-corrected chi connectivity index (χ1v) is 7.17. The van der Waals surface area contributed by atoms with Gasteiger partial charge in [0.2, 0.25) is 11.8 Å². The van der Waals surface area contributed by atoms with E-state index in [1.807, 2.05) is 24.4 Å². The van der Waals surface area contributed by atoms with Crippen LogP contribution in [0.3, 0.4) is 0 Å². The van der Waals surface area contributed by atoms with E-state index in [-0.39, 0.29) is 5.91 Å². The van der Waals surface area contributed by atoms with Gasteiger partial charge in [0, 0.05) is 18.3 Å². The summed E-state index contributed by atoms with van der Waals surface area (Å²) in [4.78, 5) is 20.2. The Kier molecular flexibility index (Phi) is 4.25. The molecule has 1 amide bonds. The maximum Gasteiger partial charge on any atom is 0.248 e. The number of nitrogens with one attached hydrogen (secondary N) is 1. The summed E-state index contributed by atoms with van der Waals surface area (Å²) in [6, 6.07) is 8.95. The zero-order chi connectivity index (χ0) is 16.2. The van der Waals surface area contributed by atoms with Crippen molar-refractivity contribution >= 4 is 34.9 Å². The Balaban J connectivity index is 1.75. The fourth-order valence-electron chi connectivity index (χ4n) is 2.05. The van der Waals surface area contributed by atoms with Gasteiger partial charge in [0.25, 0.3) is 0 Å². The minimum absolute atomic E-state index is 0.293. The molecule has 116 valence electrons. The lowest BCUT2D eigenvalue weighted by atomic mass is 10.3. The molecule has 3 heterocycles. The second-order valence-corrected chi connectivity index (χ2v) is 4.99. The van der Waals surface area contributed by atoms with Crippen LogP contribution in [0.15, 0.2) is 48.8 Å². The largest absolute Gasteiger partial charge is 0.481 e. The van der Waals surface area contributed by atoms with E-state index in [1.54, 1.807) is 22.6 Å². The fraction of sp³-hybridized carbons (Fsp3) is 0.0625. The Morgan fingerprint density at radius 3 is 2.96 bits per heavy atom. The molecule has 0 atom stereocenters. The molecule has 0 fully saturated rings. The first-order valence-electron chi connectivity index (χ1n) is 6.79. The second kappa shape index (κ2) is 6.50. The summed E-state index contributed by atoms with van der Waals surface area (Å²) in [5, 5.41) is 3.05. The molecular formula is C16H13ClN4O2. The molecule has 0 radical (unpaired) electrons. The van der Waals surface area contributed by atoms with E-state index in [9.17, 15) is 4.79 Å². The number of hydrogen-bond acceptors (Lipinski definition) is 4. The number of imidazole rings is 1. The highest BCUT2D eigenvalue weighted by molar-refractivity contribution is 6.31. The van der Waals surface area contributed by atoms with Gasteiger partial charge >= 0.3 is 0 Å². The van der Waals surface area contributed by atoms with E-state index in [4.69, 9.17) is 16.3 Å². The van der Waals surface area contributed by atoms with Crippen LogP contribution in [-0.2, 0) is 4.79 Å². The summed E-state index contributed by atoms with van der Waals surface area (Å²) >= 11 is 6.11. The van der Waals surface area contributed by atoms with Crippen molar-refractivity contribution in [3.63, 3.8) is 0 Å². The predicted octanol–water partition coefficient (Wildman–Crippen LogP) is 3.04. The average molecular weight is 329 g/mol. The predicted molar refractivity (Wildman–Crippen MR) is 88.7 cm³/mol. The number of methoxy groups -OCH3 is 1. The van der Waals surface area contributed by atoms with Crippen LogP contribution in [-0.4, -0.2) is 27.4 Å². The topological polar surface area (TPSA) is 68.5 Å². The van der Waals surface area contributed by atoms with E-state index in [2.05, 4.69) is 15.3 Å². The van der Waals surface area contributed by atoms with Gasteiger partial charge in [-0.15, -0.1) is 0 Å². The zero-order valence-electron chi connectivity index (χ0n) is 12.2. The van der Waals surface area contributed by atoms with E-state index >= 15 is 0 Å². The van der Waals surface area contributed by atoms with Crippen LogP contribution in [0.4, 0.5) is 5.69 Å². The molecule has 1 N–H and O–H groups in total. The number of hydrogen-bond donors (Lipinski definition) is 1. The molecule has 0 aliphatic rings. The van der Waals surface area contributed by atoms with Gasteiger partial charge in [0.1, 0.15) is 5.65 Å². The number of carbonyl (C=O) groups is 1. The van der Waals surface area contributed by atoms with E-state index in [0.717, 1.165) is 5.65 Å². The normalized spacial score (nSPS) is 11.0. The van der Waals surface area contributed by atoms with Crippen LogP contribution < -0.4 is 10.1 Å². The Labute approximate surface area is 137 Å². The van der Waals surface area contributed by atoms with Crippen LogP contribution in [0.5, 0.6) is 5.88 Å². The van der Waals surface area contributed by atoms with Crippen LogP contribution >= 0.6 is 11.6 Å². The van der Waals surface area contributed by atoms with Crippen molar-refractivity contribution in [3.8, 4) is 5.88 Å². The quantitative estimate of drug-likeness (QED) is 0.747. The van der Waals surface area contributed by atoms with Crippen molar-refractivity contribution in [3.05, 3.63) is 59.6 Å². The van der Waals surface area contributed by atoms with Crippen molar-refractivity contribution in [2.75, 3.05) is 12.4 Å². The third kappa shape index (κ3) is 3.32. The van der Waals surface area contributed by atoms with Gasteiger partial charge in [-0.25, -0.2) is 9.97 Å². The molecule has 0 aliphatic carbocycles. The van der Waals surface area contributed by atoms with Crippen LogP contribution in [0.1, 0.15) is 5.69 Å². The third-order valence-electron chi connectivity index (χ3n) is 3.13. The third-order valence-corrected chi connectivity index (χ3v) is 3.41. The first-order chi connectivity index (χ1) is 11.2. The molecular weight excluding hydrogens is 316 g/mol. The van der Waals surface area contributed by atoms with Crippen LogP contribution in [0.2, 0.25) is 5.15 Å². The highest BCUT2D eigenvalue weighted by Gasteiger charge is 2.07. The molecule has 0 spiro atoms. The Bertz CT molecular complexity index is 871. The summed E-state index contributed by atoms with van der Waals surface area (Å²) in [5.74, 6) is 0.190. The van der Waals surface area contributed by atoms with E-state index in [1.165, 1.54) is 19.4 Å². The average Bonchev–Trinajstić information content (AvgIpc) is 2.89. The molecule has 3 aromatic rings. The Morgan fingerprint density at radius 1 is 1.35 bits per heavy atom. The molecule has 0 saturated heterocycles. The number of fused-ring (bicyclic) bond motifs is 1. The summed E-state index contributed by atoms with van der Waals surface area (Å²) in [7, 11) is 1.53.